The molecule has 162 valence electrons. The highest BCUT2D eigenvalue weighted by Crippen LogP contribution is 2.59. The molecule has 0 aliphatic carbocycles. The average Bonchev–Trinajstić information content (AvgIpc) is 2.72. The highest BCUT2D eigenvalue weighted by atomic mass is 31.2. The van der Waals surface area contributed by atoms with E-state index in [0.29, 0.717) is 36.3 Å². The highest BCUT2D eigenvalue weighted by molar-refractivity contribution is 7.96. The number of aryl methyl sites for hydroxylation is 2. The van der Waals surface area contributed by atoms with Gasteiger partial charge in [-0.3, -0.25) is 9.59 Å². The molecule has 5 nitrogen and oxygen atoms in total. The molecule has 0 radical (unpaired) electrons. The lowest BCUT2D eigenvalue weighted by Crippen LogP contribution is -2.21. The van der Waals surface area contributed by atoms with Crippen LogP contribution in [0.15, 0.2) is 36.4 Å². The minimum atomic E-state index is -4.03. The lowest BCUT2D eigenvalue weighted by Gasteiger charge is -2.25. The van der Waals surface area contributed by atoms with Crippen molar-refractivity contribution >= 4 is 18.2 Å². The van der Waals surface area contributed by atoms with E-state index in [2.05, 4.69) is 0 Å². The first-order chi connectivity index (χ1) is 14.2. The summed E-state index contributed by atoms with van der Waals surface area (Å²) in [5.41, 5.74) is -0.0338. The Kier molecular flexibility index (Phi) is 8.03. The van der Waals surface area contributed by atoms with Crippen molar-refractivity contribution in [3.05, 3.63) is 58.7 Å². The monoisotopic (exact) mass is 430 g/mol. The Morgan fingerprint density at radius 1 is 0.833 bits per heavy atom. The fraction of sp³-hybridized carbons (Fsp3) is 0.417. The largest absolute Gasteiger partial charge is 0.493 e. The topological polar surface area (TPSA) is 69.7 Å². The van der Waals surface area contributed by atoms with E-state index < -0.39 is 23.8 Å². The lowest BCUT2D eigenvalue weighted by molar-refractivity contribution is 0.103. The molecule has 2 atom stereocenters. The first-order valence-corrected chi connectivity index (χ1v) is 12.2. The Labute approximate surface area is 179 Å². The Bertz CT molecular complexity index is 935. The number of hydrogen-bond donors (Lipinski definition) is 0. The van der Waals surface area contributed by atoms with Gasteiger partial charge in [-0.2, -0.15) is 0 Å². The van der Waals surface area contributed by atoms with Gasteiger partial charge in [-0.1, -0.05) is 38.1 Å². The van der Waals surface area contributed by atoms with Gasteiger partial charge >= 0.3 is 0 Å². The van der Waals surface area contributed by atoms with Crippen LogP contribution in [-0.2, 0) is 4.57 Å². The normalized spacial score (nSPS) is 13.9. The van der Waals surface area contributed by atoms with Gasteiger partial charge in [0.25, 0.3) is 0 Å². The number of carbonyl (C=O) groups excluding carboxylic acids is 2. The molecule has 0 saturated carbocycles. The van der Waals surface area contributed by atoms with E-state index >= 15 is 0 Å². The second-order valence-electron chi connectivity index (χ2n) is 7.29. The van der Waals surface area contributed by atoms with Crippen LogP contribution in [0.1, 0.15) is 66.0 Å². The van der Waals surface area contributed by atoms with Gasteiger partial charge in [0.1, 0.15) is 17.1 Å². The molecular weight excluding hydrogens is 399 g/mol. The molecule has 2 rings (SSSR count). The third-order valence-corrected chi connectivity index (χ3v) is 8.57. The molecule has 2 aromatic rings. The van der Waals surface area contributed by atoms with Crippen molar-refractivity contribution in [2.75, 3.05) is 13.2 Å². The first kappa shape index (κ1) is 23.9. The van der Waals surface area contributed by atoms with Crippen LogP contribution in [0.25, 0.3) is 0 Å². The summed E-state index contributed by atoms with van der Waals surface area (Å²) in [5, 5.41) is 0. The average molecular weight is 430 g/mol. The summed E-state index contributed by atoms with van der Waals surface area (Å²) in [5.74, 6) is 0.567. The molecule has 0 aliphatic rings. The molecule has 2 aromatic carbocycles. The predicted octanol–water partition coefficient (Wildman–Crippen LogP) is 6.24. The standard InChI is InChI=1S/C24H31O5P/c1-7-18(6)30(27,23(25)21-16(4)12-10-13-17(21)5)24(26)22-19(28-8-2)14-11-15-20(22)29-9-3/h10-15,18H,7-9H2,1-6H3. The van der Waals surface area contributed by atoms with Crippen LogP contribution in [0, 0.1) is 13.8 Å². The van der Waals surface area contributed by atoms with Gasteiger partial charge in [0, 0.05) is 11.2 Å². The molecule has 0 saturated heterocycles. The predicted molar refractivity (Wildman–Crippen MR) is 121 cm³/mol. The summed E-state index contributed by atoms with van der Waals surface area (Å²) >= 11 is 0. The van der Waals surface area contributed by atoms with Gasteiger partial charge in [0.15, 0.2) is 0 Å². The van der Waals surface area contributed by atoms with Crippen molar-refractivity contribution < 1.29 is 23.6 Å². The Hall–Kier alpha value is -2.39. The van der Waals surface area contributed by atoms with Crippen molar-refractivity contribution in [3.63, 3.8) is 0 Å². The number of carbonyl (C=O) groups is 2. The molecule has 0 fully saturated rings. The van der Waals surface area contributed by atoms with Gasteiger partial charge < -0.3 is 14.0 Å². The van der Waals surface area contributed by atoms with Gasteiger partial charge in [-0.25, -0.2) is 0 Å². The molecule has 0 aromatic heterocycles. The van der Waals surface area contributed by atoms with Crippen molar-refractivity contribution in [1.29, 1.82) is 0 Å². The third kappa shape index (κ3) is 4.37. The summed E-state index contributed by atoms with van der Waals surface area (Å²) < 4.78 is 25.7. The van der Waals surface area contributed by atoms with Crippen LogP contribution in [-0.4, -0.2) is 29.9 Å². The zero-order valence-electron chi connectivity index (χ0n) is 18.7. The molecule has 6 heteroatoms. The second kappa shape index (κ2) is 10.1. The molecule has 0 N–H and O–H groups in total. The van der Waals surface area contributed by atoms with Gasteiger partial charge in [0.2, 0.25) is 18.2 Å². The fourth-order valence-electron chi connectivity index (χ4n) is 3.51. The van der Waals surface area contributed by atoms with Crippen LogP contribution in [0.3, 0.4) is 0 Å². The Morgan fingerprint density at radius 2 is 1.27 bits per heavy atom. The summed E-state index contributed by atoms with van der Waals surface area (Å²) in [7, 11) is -4.03. The molecule has 0 heterocycles. The van der Waals surface area contributed by atoms with E-state index in [-0.39, 0.29) is 17.1 Å². The highest BCUT2D eigenvalue weighted by Gasteiger charge is 2.47. The van der Waals surface area contributed by atoms with Crippen LogP contribution in [0.5, 0.6) is 11.5 Å². The molecule has 0 spiro atoms. The third-order valence-electron chi connectivity index (χ3n) is 5.31. The van der Waals surface area contributed by atoms with Crippen LogP contribution >= 0.6 is 7.14 Å². The van der Waals surface area contributed by atoms with Gasteiger partial charge in [-0.15, -0.1) is 0 Å². The van der Waals surface area contributed by atoms with E-state index in [4.69, 9.17) is 9.47 Å². The number of rotatable bonds is 10. The lowest BCUT2D eigenvalue weighted by atomic mass is 10.0. The summed E-state index contributed by atoms with van der Waals surface area (Å²) in [4.78, 5) is 27.5. The van der Waals surface area contributed by atoms with E-state index in [0.717, 1.165) is 0 Å². The maximum atomic E-state index is 14.4. The summed E-state index contributed by atoms with van der Waals surface area (Å²) in [6.07, 6.45) is 0.431. The van der Waals surface area contributed by atoms with Crippen molar-refractivity contribution in [2.45, 2.75) is 53.6 Å². The molecular formula is C24H31O5P. The maximum absolute atomic E-state index is 14.4. The fourth-order valence-corrected chi connectivity index (χ4v) is 6.24. The quantitative estimate of drug-likeness (QED) is 0.417. The van der Waals surface area contributed by atoms with E-state index in [1.807, 2.05) is 13.0 Å². The maximum Gasteiger partial charge on any atom is 0.236 e. The van der Waals surface area contributed by atoms with E-state index in [1.165, 1.54) is 0 Å². The summed E-state index contributed by atoms with van der Waals surface area (Å²) in [6, 6.07) is 10.4. The van der Waals surface area contributed by atoms with E-state index in [1.54, 1.807) is 65.0 Å². The van der Waals surface area contributed by atoms with Crippen molar-refractivity contribution in [3.8, 4) is 11.5 Å². The van der Waals surface area contributed by atoms with Crippen LogP contribution in [0.2, 0.25) is 0 Å². The molecule has 0 bridgehead atoms. The zero-order valence-corrected chi connectivity index (χ0v) is 19.5. The number of ether oxygens (including phenoxy) is 2. The van der Waals surface area contributed by atoms with Crippen molar-refractivity contribution in [2.24, 2.45) is 0 Å². The Balaban J connectivity index is 2.76. The SMILES string of the molecule is CCOc1cccc(OCC)c1C(=O)P(=O)(C(=O)c1c(C)cccc1C)C(C)CC. The molecule has 0 aliphatic heterocycles. The Morgan fingerprint density at radius 3 is 1.70 bits per heavy atom. The minimum absolute atomic E-state index is 0.0874. The van der Waals surface area contributed by atoms with Crippen LogP contribution < -0.4 is 9.47 Å². The minimum Gasteiger partial charge on any atom is -0.493 e. The second-order valence-corrected chi connectivity index (χ2v) is 10.3. The van der Waals surface area contributed by atoms with E-state index in [9.17, 15) is 14.2 Å². The van der Waals surface area contributed by atoms with Crippen LogP contribution in [0.4, 0.5) is 0 Å². The van der Waals surface area contributed by atoms with Gasteiger partial charge in [0.05, 0.1) is 13.2 Å². The number of benzene rings is 2. The smallest absolute Gasteiger partial charge is 0.236 e. The molecule has 0 amide bonds. The summed E-state index contributed by atoms with van der Waals surface area (Å²) in [6.45, 7) is 11.4. The number of hydrogen-bond acceptors (Lipinski definition) is 5. The zero-order chi connectivity index (χ0) is 22.5. The van der Waals surface area contributed by atoms with Crippen molar-refractivity contribution in [1.82, 2.24) is 0 Å². The van der Waals surface area contributed by atoms with Gasteiger partial charge in [-0.05, 0) is 57.4 Å². The first-order valence-electron chi connectivity index (χ1n) is 10.4. The molecule has 2 unspecified atom stereocenters. The molecule has 30 heavy (non-hydrogen) atoms.